The normalized spacial score (nSPS) is 15.5. The predicted molar refractivity (Wildman–Crippen MR) is 249 cm³/mol. The number of rotatable bonds is 8. The summed E-state index contributed by atoms with van der Waals surface area (Å²) in [6, 6.07) is 20.4. The van der Waals surface area contributed by atoms with Crippen molar-refractivity contribution < 1.29 is 16.8 Å². The molecule has 0 atom stereocenters. The first-order valence-corrected chi connectivity index (χ1v) is 25.3. The molecular formula is C40H36Cl6N6O4S4. The van der Waals surface area contributed by atoms with E-state index in [1.807, 2.05) is 11.4 Å². The lowest BCUT2D eigenvalue weighted by Crippen LogP contribution is -2.48. The molecule has 6 aromatic rings. The van der Waals surface area contributed by atoms with Crippen LogP contribution in [0.3, 0.4) is 0 Å². The maximum Gasteiger partial charge on any atom is 0.243 e. The van der Waals surface area contributed by atoms with Gasteiger partial charge < -0.3 is 9.80 Å². The highest BCUT2D eigenvalue weighted by atomic mass is 35.5. The lowest BCUT2D eigenvalue weighted by Gasteiger charge is -2.33. The van der Waals surface area contributed by atoms with Crippen molar-refractivity contribution in [3.05, 3.63) is 125 Å². The number of anilines is 2. The van der Waals surface area contributed by atoms with Gasteiger partial charge in [-0.15, -0.1) is 22.7 Å². The van der Waals surface area contributed by atoms with Crippen molar-refractivity contribution in [1.82, 2.24) is 18.6 Å². The van der Waals surface area contributed by atoms with E-state index in [-0.39, 0.29) is 19.8 Å². The van der Waals surface area contributed by atoms with E-state index in [0.717, 1.165) is 32.8 Å². The zero-order chi connectivity index (χ0) is 42.9. The molecule has 4 heterocycles. The number of thiazole rings is 2. The Kier molecular flexibility index (Phi) is 14.3. The summed E-state index contributed by atoms with van der Waals surface area (Å²) in [6.07, 6.45) is 0. The van der Waals surface area contributed by atoms with Crippen LogP contribution in [0.25, 0.3) is 22.5 Å². The van der Waals surface area contributed by atoms with Crippen LogP contribution in [0.5, 0.6) is 0 Å². The molecule has 0 amide bonds. The summed E-state index contributed by atoms with van der Waals surface area (Å²) < 4.78 is 54.7. The summed E-state index contributed by atoms with van der Waals surface area (Å²) in [5.74, 6) is 0. The molecule has 2 aliphatic rings. The Hall–Kier alpha value is -2.70. The molecule has 4 aromatic carbocycles. The number of hydrogen-bond donors (Lipinski definition) is 0. The molecular weight excluding hydrogens is 969 g/mol. The van der Waals surface area contributed by atoms with Crippen LogP contribution in [-0.4, -0.2) is 87.8 Å². The van der Waals surface area contributed by atoms with Gasteiger partial charge in [0.05, 0.1) is 46.3 Å². The van der Waals surface area contributed by atoms with Gasteiger partial charge in [-0.25, -0.2) is 26.8 Å². The third-order valence-corrected chi connectivity index (χ3v) is 17.6. The molecule has 10 nitrogen and oxygen atoms in total. The van der Waals surface area contributed by atoms with Gasteiger partial charge in [0.15, 0.2) is 10.3 Å². The molecule has 20 heteroatoms. The fourth-order valence-electron chi connectivity index (χ4n) is 6.59. The minimum absolute atomic E-state index is 0.138. The van der Waals surface area contributed by atoms with Gasteiger partial charge in [-0.3, -0.25) is 0 Å². The van der Waals surface area contributed by atoms with E-state index in [2.05, 4.69) is 52.2 Å². The third-order valence-electron chi connectivity index (χ3n) is 9.94. The summed E-state index contributed by atoms with van der Waals surface area (Å²) in [6.45, 7) is 7.86. The number of aromatic nitrogens is 2. The third kappa shape index (κ3) is 10.1. The molecule has 60 heavy (non-hydrogen) atoms. The van der Waals surface area contributed by atoms with E-state index in [4.69, 9.17) is 74.6 Å². The standard InChI is InChI=1S/C21H21Cl2N3O2S2.C19H15Cl4N3O2S2/c1-14-3-4-15(2)17(11-14)20-13-29-21(24-20)25-7-9-26(10-8-25)30(27,28)16-5-6-18(22)19(23)12-16;20-12-1-3-14(16(22)9-12)18-11-29-19(24-18)25-5-7-26(8-6-25)30(27,28)13-2-4-15(21)17(23)10-13/h3-6,11-13H,7-10H2,1-2H3;1-4,9-11H,5-8H2. The summed E-state index contributed by atoms with van der Waals surface area (Å²) in [5, 5.41) is 7.95. The second-order valence-electron chi connectivity index (χ2n) is 13.9. The predicted octanol–water partition coefficient (Wildman–Crippen LogP) is 11.2. The molecule has 8 rings (SSSR count). The summed E-state index contributed by atoms with van der Waals surface area (Å²) in [5.41, 5.74) is 6.06. The Bertz CT molecular complexity index is 2750. The van der Waals surface area contributed by atoms with Gasteiger partial charge in [-0.2, -0.15) is 8.61 Å². The first kappa shape index (κ1) is 45.3. The van der Waals surface area contributed by atoms with Crippen LogP contribution in [0.2, 0.25) is 30.1 Å². The monoisotopic (exact) mass is 1000 g/mol. The van der Waals surface area contributed by atoms with Crippen LogP contribution < -0.4 is 9.80 Å². The molecule has 0 radical (unpaired) electrons. The summed E-state index contributed by atoms with van der Waals surface area (Å²) in [7, 11) is -7.25. The maximum absolute atomic E-state index is 12.9. The second-order valence-corrected chi connectivity index (χ2v) is 21.9. The fraction of sp³-hybridized carbons (Fsp3) is 0.250. The van der Waals surface area contributed by atoms with Crippen LogP contribution in [-0.2, 0) is 20.0 Å². The zero-order valence-corrected chi connectivity index (χ0v) is 39.8. The van der Waals surface area contributed by atoms with Crippen LogP contribution >= 0.6 is 92.3 Å². The number of halogens is 6. The number of piperazine rings is 2. The van der Waals surface area contributed by atoms with E-state index >= 15 is 0 Å². The molecule has 0 aliphatic carbocycles. The second kappa shape index (κ2) is 19.0. The molecule has 2 aromatic heterocycles. The molecule has 2 aliphatic heterocycles. The topological polar surface area (TPSA) is 107 Å². The quantitative estimate of drug-likeness (QED) is 0.148. The molecule has 2 saturated heterocycles. The average Bonchev–Trinajstić information content (AvgIpc) is 3.93. The van der Waals surface area contributed by atoms with Crippen molar-refractivity contribution in [3.8, 4) is 22.5 Å². The SMILES string of the molecule is Cc1ccc(C)c(-c2csc(N3CCN(S(=O)(=O)c4ccc(Cl)c(Cl)c4)CC3)n2)c1.O=S(=O)(c1ccc(Cl)c(Cl)c1)N1CCN(c2nc(-c3ccc(Cl)cc3Cl)cs2)CC1. The smallest absolute Gasteiger partial charge is 0.243 e. The van der Waals surface area contributed by atoms with Crippen LogP contribution in [0.1, 0.15) is 11.1 Å². The van der Waals surface area contributed by atoms with Crippen molar-refractivity contribution in [2.75, 3.05) is 62.2 Å². The number of sulfonamides is 2. The molecule has 0 spiro atoms. The van der Waals surface area contributed by atoms with E-state index in [9.17, 15) is 16.8 Å². The number of nitrogens with zero attached hydrogens (tertiary/aromatic N) is 6. The van der Waals surface area contributed by atoms with Crippen LogP contribution in [0.15, 0.2) is 93.3 Å². The number of benzene rings is 4. The van der Waals surface area contributed by atoms with Gasteiger partial charge in [-0.1, -0.05) is 87.3 Å². The van der Waals surface area contributed by atoms with E-state index in [1.165, 1.54) is 67.5 Å². The van der Waals surface area contributed by atoms with Crippen molar-refractivity contribution in [3.63, 3.8) is 0 Å². The molecule has 316 valence electrons. The molecule has 0 saturated carbocycles. The van der Waals surface area contributed by atoms with Gasteiger partial charge in [-0.05, 0) is 80.1 Å². The summed E-state index contributed by atoms with van der Waals surface area (Å²) in [4.78, 5) is 14.0. The van der Waals surface area contributed by atoms with E-state index in [1.54, 1.807) is 23.5 Å². The Morgan fingerprint density at radius 1 is 0.500 bits per heavy atom. The van der Waals surface area contributed by atoms with Crippen molar-refractivity contribution >= 4 is 123 Å². The average molecular weight is 1010 g/mol. The largest absolute Gasteiger partial charge is 0.345 e. The summed E-state index contributed by atoms with van der Waals surface area (Å²) >= 11 is 39.1. The zero-order valence-electron chi connectivity index (χ0n) is 32.0. The van der Waals surface area contributed by atoms with Crippen LogP contribution in [0.4, 0.5) is 10.3 Å². The lowest BCUT2D eigenvalue weighted by atomic mass is 10.0. The fourth-order valence-corrected chi connectivity index (χ4v) is 12.5. The maximum atomic E-state index is 12.9. The Labute approximate surface area is 387 Å². The highest BCUT2D eigenvalue weighted by Gasteiger charge is 2.31. The Balaban J connectivity index is 0.000000181. The number of aryl methyl sites for hydroxylation is 2. The highest BCUT2D eigenvalue weighted by molar-refractivity contribution is 7.89. The van der Waals surface area contributed by atoms with Gasteiger partial charge >= 0.3 is 0 Å². The molecule has 0 bridgehead atoms. The Morgan fingerprint density at radius 2 is 0.967 bits per heavy atom. The first-order chi connectivity index (χ1) is 28.5. The minimum atomic E-state index is -3.64. The number of hydrogen-bond acceptors (Lipinski definition) is 10. The molecule has 0 N–H and O–H groups in total. The van der Waals surface area contributed by atoms with Crippen molar-refractivity contribution in [2.45, 2.75) is 23.6 Å². The van der Waals surface area contributed by atoms with E-state index < -0.39 is 20.0 Å². The highest BCUT2D eigenvalue weighted by Crippen LogP contribution is 2.35. The minimum Gasteiger partial charge on any atom is -0.345 e. The molecule has 2 fully saturated rings. The molecule has 0 unspecified atom stereocenters. The Morgan fingerprint density at radius 3 is 1.42 bits per heavy atom. The van der Waals surface area contributed by atoms with Crippen LogP contribution in [0, 0.1) is 13.8 Å². The van der Waals surface area contributed by atoms with Gasteiger partial charge in [0.25, 0.3) is 0 Å². The van der Waals surface area contributed by atoms with Crippen molar-refractivity contribution in [2.24, 2.45) is 0 Å². The van der Waals surface area contributed by atoms with Gasteiger partial charge in [0, 0.05) is 79.3 Å². The van der Waals surface area contributed by atoms with E-state index in [0.29, 0.717) is 72.4 Å². The lowest BCUT2D eigenvalue weighted by molar-refractivity contribution is 0.384. The van der Waals surface area contributed by atoms with Gasteiger partial charge in [0.1, 0.15) is 0 Å². The van der Waals surface area contributed by atoms with Gasteiger partial charge in [0.2, 0.25) is 20.0 Å². The van der Waals surface area contributed by atoms with Crippen molar-refractivity contribution in [1.29, 1.82) is 0 Å². The first-order valence-electron chi connectivity index (χ1n) is 18.4.